The Kier molecular flexibility index (Phi) is 4.48. The number of anilines is 3. The molecule has 11 heteroatoms. The van der Waals surface area contributed by atoms with E-state index in [1.807, 2.05) is 25.1 Å². The van der Waals surface area contributed by atoms with Crippen LogP contribution in [0.25, 0.3) is 21.5 Å². The molecule has 0 aliphatic rings. The molecule has 0 radical (unpaired) electrons. The Hall–Kier alpha value is -4.17. The molecule has 1 amide bonds. The van der Waals surface area contributed by atoms with Gasteiger partial charge in [0.15, 0.2) is 7.05 Å². The molecule has 30 heavy (non-hydrogen) atoms. The highest BCUT2D eigenvalue weighted by atomic mass is 32.1. The van der Waals surface area contributed by atoms with E-state index in [1.54, 1.807) is 12.1 Å². The summed E-state index contributed by atoms with van der Waals surface area (Å²) in [7, 11) is 1.54. The quantitative estimate of drug-likeness (QED) is 0.364. The summed E-state index contributed by atoms with van der Waals surface area (Å²) < 4.78 is 6.12. The fourth-order valence-electron chi connectivity index (χ4n) is 3.12. The lowest BCUT2D eigenvalue weighted by molar-refractivity contribution is -0.730. The Balaban J connectivity index is 1.93. The summed E-state index contributed by atoms with van der Waals surface area (Å²) in [5.41, 5.74) is 13.5. The third-order valence-corrected chi connectivity index (χ3v) is 5.67. The molecule has 0 spiro atoms. The first-order chi connectivity index (χ1) is 14.3. The molecule has 3 heterocycles. The van der Waals surface area contributed by atoms with Gasteiger partial charge in [-0.25, -0.2) is 9.78 Å². The summed E-state index contributed by atoms with van der Waals surface area (Å²) in [6.07, 6.45) is 0. The molecular formula is C19H16N7O3S+. The summed E-state index contributed by atoms with van der Waals surface area (Å²) >= 11 is 1.02. The third-order valence-electron chi connectivity index (χ3n) is 4.57. The van der Waals surface area contributed by atoms with Crippen molar-refractivity contribution in [1.29, 1.82) is 5.26 Å². The van der Waals surface area contributed by atoms with Crippen molar-refractivity contribution in [1.82, 2.24) is 10.3 Å². The maximum absolute atomic E-state index is 12.9. The number of benzene rings is 1. The minimum atomic E-state index is -0.711. The second kappa shape index (κ2) is 7.02. The van der Waals surface area contributed by atoms with Crippen molar-refractivity contribution in [2.45, 2.75) is 6.92 Å². The van der Waals surface area contributed by atoms with Crippen molar-refractivity contribution in [2.24, 2.45) is 7.05 Å². The highest BCUT2D eigenvalue weighted by molar-refractivity contribution is 7.21. The molecule has 0 aliphatic carbocycles. The maximum Gasteiger partial charge on any atom is 0.435 e. The van der Waals surface area contributed by atoms with Crippen LogP contribution in [0, 0.1) is 18.3 Å². The Morgan fingerprint density at radius 2 is 2.03 bits per heavy atom. The first-order valence-electron chi connectivity index (χ1n) is 8.69. The van der Waals surface area contributed by atoms with Crippen LogP contribution in [-0.2, 0) is 7.05 Å². The number of nitrogen functional groups attached to an aromatic ring is 2. The molecule has 4 aromatic rings. The Morgan fingerprint density at radius 1 is 1.33 bits per heavy atom. The number of aryl methyl sites for hydroxylation is 2. The van der Waals surface area contributed by atoms with Crippen LogP contribution in [-0.4, -0.2) is 16.2 Å². The Bertz CT molecular complexity index is 1410. The van der Waals surface area contributed by atoms with E-state index in [9.17, 15) is 14.9 Å². The number of carbonyl (C=O) groups excluding carboxylic acids is 1. The van der Waals surface area contributed by atoms with Crippen LogP contribution in [0.1, 0.15) is 20.8 Å². The zero-order valence-corrected chi connectivity index (χ0v) is 16.8. The summed E-state index contributed by atoms with van der Waals surface area (Å²) in [6, 6.07) is 9.25. The summed E-state index contributed by atoms with van der Waals surface area (Å²) in [5.74, 6) is -0.514. The molecule has 0 aliphatic heterocycles. The zero-order chi connectivity index (χ0) is 21.6. The molecular weight excluding hydrogens is 406 g/mol. The number of carbonyl (C=O) groups is 1. The Morgan fingerprint density at radius 3 is 2.63 bits per heavy atom. The second-order valence-electron chi connectivity index (χ2n) is 6.59. The van der Waals surface area contributed by atoms with Gasteiger partial charge in [-0.2, -0.15) is 5.26 Å². The molecule has 1 aromatic carbocycles. The monoisotopic (exact) mass is 422 g/mol. The number of hydrogen-bond acceptors (Lipinski definition) is 8. The van der Waals surface area contributed by atoms with Crippen LogP contribution >= 0.6 is 11.3 Å². The normalized spacial score (nSPS) is 10.8. The standard InChI is InChI=1S/C19H15N7O3S/c1-8-3-5-9(6-4-8)23-17(27)15-13(21)12-11(14-19(28)29-25-26(14)2)10(7-20)16(22)24-18(12)30-15/h3-6H,1-2H3,(H5-,21,22,23,24,25,27,28)/p+1. The van der Waals surface area contributed by atoms with Crippen molar-refractivity contribution < 1.29 is 14.0 Å². The largest absolute Gasteiger partial charge is 0.435 e. The molecule has 0 unspecified atom stereocenters. The molecule has 10 nitrogen and oxygen atoms in total. The van der Waals surface area contributed by atoms with Crippen molar-refractivity contribution in [3.05, 3.63) is 50.7 Å². The van der Waals surface area contributed by atoms with E-state index in [2.05, 4.69) is 15.6 Å². The highest BCUT2D eigenvalue weighted by Gasteiger charge is 2.32. The number of H-pyrrole nitrogens is 1. The molecule has 0 atom stereocenters. The molecule has 150 valence electrons. The van der Waals surface area contributed by atoms with Gasteiger partial charge in [0.1, 0.15) is 27.2 Å². The van der Waals surface area contributed by atoms with Gasteiger partial charge in [0.25, 0.3) is 5.91 Å². The minimum Gasteiger partial charge on any atom is -0.397 e. The predicted octanol–water partition coefficient (Wildman–Crippen LogP) is 1.67. The number of aromatic amines is 1. The number of nitrogens with two attached hydrogens (primary N) is 2. The lowest BCUT2D eigenvalue weighted by atomic mass is 10.0. The van der Waals surface area contributed by atoms with E-state index < -0.39 is 11.5 Å². The summed E-state index contributed by atoms with van der Waals surface area (Å²) in [5, 5.41) is 15.1. The molecule has 6 N–H and O–H groups in total. The molecule has 0 bridgehead atoms. The number of pyridine rings is 1. The van der Waals surface area contributed by atoms with Gasteiger partial charge >= 0.3 is 11.3 Å². The van der Waals surface area contributed by atoms with Gasteiger partial charge in [0.2, 0.25) is 0 Å². The van der Waals surface area contributed by atoms with Gasteiger partial charge in [-0.05, 0) is 24.3 Å². The van der Waals surface area contributed by atoms with Gasteiger partial charge in [-0.15, -0.1) is 11.3 Å². The van der Waals surface area contributed by atoms with Gasteiger partial charge in [0.05, 0.1) is 16.6 Å². The zero-order valence-electron chi connectivity index (χ0n) is 15.9. The number of nitrogens with one attached hydrogen (secondary N) is 2. The van der Waals surface area contributed by atoms with Crippen molar-refractivity contribution >= 4 is 44.7 Å². The van der Waals surface area contributed by atoms with Crippen LogP contribution < -0.4 is 27.1 Å². The first-order valence-corrected chi connectivity index (χ1v) is 9.51. The second-order valence-corrected chi connectivity index (χ2v) is 7.59. The lowest BCUT2D eigenvalue weighted by Gasteiger charge is -2.05. The van der Waals surface area contributed by atoms with Crippen LogP contribution in [0.3, 0.4) is 0 Å². The average Bonchev–Trinajstić information content (AvgIpc) is 3.21. The van der Waals surface area contributed by atoms with E-state index in [4.69, 9.17) is 16.0 Å². The third kappa shape index (κ3) is 2.96. The van der Waals surface area contributed by atoms with Crippen LogP contribution in [0.4, 0.5) is 17.2 Å². The smallest absolute Gasteiger partial charge is 0.397 e. The number of hydrogen-bond donors (Lipinski definition) is 4. The van der Waals surface area contributed by atoms with Crippen LogP contribution in [0.2, 0.25) is 0 Å². The first kappa shape index (κ1) is 19.2. The Labute approximate surface area is 173 Å². The van der Waals surface area contributed by atoms with E-state index in [0.717, 1.165) is 16.9 Å². The molecule has 0 saturated carbocycles. The van der Waals surface area contributed by atoms with Crippen molar-refractivity contribution in [3.8, 4) is 17.3 Å². The average molecular weight is 422 g/mol. The predicted molar refractivity (Wildman–Crippen MR) is 112 cm³/mol. The highest BCUT2D eigenvalue weighted by Crippen LogP contribution is 2.41. The number of nitrogens with zero attached hydrogens (tertiary/aromatic N) is 3. The van der Waals surface area contributed by atoms with E-state index >= 15 is 0 Å². The van der Waals surface area contributed by atoms with Gasteiger partial charge in [-0.3, -0.25) is 9.32 Å². The fourth-order valence-corrected chi connectivity index (χ4v) is 4.13. The molecule has 3 aromatic heterocycles. The molecule has 4 rings (SSSR count). The maximum atomic E-state index is 12.9. The number of fused-ring (bicyclic) bond motifs is 1. The lowest BCUT2D eigenvalue weighted by Crippen LogP contribution is -2.34. The number of rotatable bonds is 3. The minimum absolute atomic E-state index is 0.0278. The van der Waals surface area contributed by atoms with Crippen molar-refractivity contribution in [2.75, 3.05) is 16.8 Å². The number of thiophene rings is 1. The van der Waals surface area contributed by atoms with Crippen LogP contribution in [0.15, 0.2) is 33.6 Å². The summed E-state index contributed by atoms with van der Waals surface area (Å²) in [6.45, 7) is 1.94. The summed E-state index contributed by atoms with van der Waals surface area (Å²) in [4.78, 5) is 29.9. The van der Waals surface area contributed by atoms with Gasteiger partial charge in [-0.1, -0.05) is 22.4 Å². The SMILES string of the molecule is Cc1ccc(NC(=O)c2sc3nc(N)c(C#N)c(-c4c(=O)o[nH][n+]4C)c3c2N)cc1. The topological polar surface area (TPSA) is 168 Å². The number of nitriles is 1. The van der Waals surface area contributed by atoms with E-state index in [1.165, 1.54) is 11.7 Å². The van der Waals surface area contributed by atoms with Gasteiger partial charge < -0.3 is 16.8 Å². The number of amides is 1. The molecule has 0 saturated heterocycles. The van der Waals surface area contributed by atoms with E-state index in [0.29, 0.717) is 15.9 Å². The van der Waals surface area contributed by atoms with Crippen LogP contribution in [0.5, 0.6) is 0 Å². The number of aromatic nitrogens is 3. The van der Waals surface area contributed by atoms with E-state index in [-0.39, 0.29) is 33.2 Å². The fraction of sp³-hybridized carbons (Fsp3) is 0.105. The van der Waals surface area contributed by atoms with Crippen molar-refractivity contribution in [3.63, 3.8) is 0 Å². The molecule has 0 fully saturated rings. The van der Waals surface area contributed by atoms with Gasteiger partial charge in [0, 0.05) is 5.69 Å².